The van der Waals surface area contributed by atoms with Crippen molar-refractivity contribution in [3.05, 3.63) is 79.9 Å². The van der Waals surface area contributed by atoms with Crippen molar-refractivity contribution in [2.24, 2.45) is 0 Å². The Hall–Kier alpha value is -2.80. The smallest absolute Gasteiger partial charge is 0.269 e. The summed E-state index contributed by atoms with van der Waals surface area (Å²) in [4.78, 5) is 20.6. The van der Waals surface area contributed by atoms with Gasteiger partial charge in [0, 0.05) is 37.5 Å². The highest BCUT2D eigenvalue weighted by Crippen LogP contribution is 2.16. The molecule has 0 amide bonds. The fourth-order valence-corrected chi connectivity index (χ4v) is 3.80. The molecule has 0 N–H and O–H groups in total. The van der Waals surface area contributed by atoms with Crippen LogP contribution in [0, 0.1) is 20.2 Å². The summed E-state index contributed by atoms with van der Waals surface area (Å²) in [7, 11) is 0. The average Bonchev–Trinajstić information content (AvgIpc) is 2.82. The molecule has 7 heteroatoms. The third kappa shape index (κ3) is 11.6. The zero-order valence-corrected chi connectivity index (χ0v) is 19.5. The molecule has 0 bridgehead atoms. The number of non-ortho nitro benzene ring substituents is 2. The number of nitro benzene ring substituents is 2. The zero-order valence-electron chi connectivity index (χ0n) is 19.5. The van der Waals surface area contributed by atoms with Crippen molar-refractivity contribution in [2.45, 2.75) is 77.0 Å². The standard InChI is InChI=1S/C26H36N2O5/c29-27(30)25-17-13-23(14-18-25)11-7-3-1-5-9-21-33-22-10-6-2-4-8-12-24-15-19-26(20-16-24)28(31)32/h13-20H,1-12,21-22H2. The van der Waals surface area contributed by atoms with Gasteiger partial charge in [-0.15, -0.1) is 0 Å². The molecule has 0 atom stereocenters. The predicted molar refractivity (Wildman–Crippen MR) is 131 cm³/mol. The van der Waals surface area contributed by atoms with E-state index >= 15 is 0 Å². The van der Waals surface area contributed by atoms with Gasteiger partial charge in [0.25, 0.3) is 11.4 Å². The van der Waals surface area contributed by atoms with E-state index in [1.54, 1.807) is 24.3 Å². The van der Waals surface area contributed by atoms with Crippen LogP contribution >= 0.6 is 0 Å². The number of aryl methyl sites for hydroxylation is 2. The van der Waals surface area contributed by atoms with Gasteiger partial charge in [0.2, 0.25) is 0 Å². The minimum absolute atomic E-state index is 0.151. The molecule has 0 saturated carbocycles. The summed E-state index contributed by atoms with van der Waals surface area (Å²) < 4.78 is 5.74. The van der Waals surface area contributed by atoms with E-state index in [1.807, 2.05) is 24.3 Å². The molecule has 0 aliphatic rings. The maximum absolute atomic E-state index is 10.7. The Bertz CT molecular complexity index is 752. The lowest BCUT2D eigenvalue weighted by Gasteiger charge is -2.05. The van der Waals surface area contributed by atoms with Gasteiger partial charge < -0.3 is 4.74 Å². The van der Waals surface area contributed by atoms with Crippen molar-refractivity contribution in [1.29, 1.82) is 0 Å². The maximum Gasteiger partial charge on any atom is 0.269 e. The first-order chi connectivity index (χ1) is 16.1. The Morgan fingerprint density at radius 1 is 0.515 bits per heavy atom. The topological polar surface area (TPSA) is 95.5 Å². The van der Waals surface area contributed by atoms with Crippen LogP contribution in [0.5, 0.6) is 0 Å². The Morgan fingerprint density at radius 3 is 1.21 bits per heavy atom. The van der Waals surface area contributed by atoms with Gasteiger partial charge in [-0.25, -0.2) is 0 Å². The van der Waals surface area contributed by atoms with E-state index in [9.17, 15) is 20.2 Å². The third-order valence-electron chi connectivity index (χ3n) is 5.80. The van der Waals surface area contributed by atoms with Gasteiger partial charge in [0.15, 0.2) is 0 Å². The number of rotatable bonds is 18. The first kappa shape index (κ1) is 26.5. The summed E-state index contributed by atoms with van der Waals surface area (Å²) in [6.45, 7) is 1.67. The van der Waals surface area contributed by atoms with Gasteiger partial charge in [-0.1, -0.05) is 62.8 Å². The molecule has 0 unspecified atom stereocenters. The van der Waals surface area contributed by atoms with E-state index in [0.717, 1.165) is 62.9 Å². The summed E-state index contributed by atoms with van der Waals surface area (Å²) in [6.07, 6.45) is 13.5. The monoisotopic (exact) mass is 456 g/mol. The van der Waals surface area contributed by atoms with Crippen molar-refractivity contribution < 1.29 is 14.6 Å². The summed E-state index contributed by atoms with van der Waals surface area (Å²) in [5, 5.41) is 21.3. The Balaban J connectivity index is 1.33. The second kappa shape index (κ2) is 15.9. The van der Waals surface area contributed by atoms with Crippen molar-refractivity contribution in [3.8, 4) is 0 Å². The number of unbranched alkanes of at least 4 members (excludes halogenated alkanes) is 8. The number of nitrogens with zero attached hydrogens (tertiary/aromatic N) is 2. The minimum Gasteiger partial charge on any atom is -0.381 e. The highest BCUT2D eigenvalue weighted by Gasteiger charge is 2.04. The van der Waals surface area contributed by atoms with Crippen LogP contribution in [0.3, 0.4) is 0 Å². The van der Waals surface area contributed by atoms with Gasteiger partial charge in [-0.05, 0) is 49.7 Å². The lowest BCUT2D eigenvalue weighted by molar-refractivity contribution is -0.385. The Kier molecular flexibility index (Phi) is 12.8. The molecule has 180 valence electrons. The zero-order chi connectivity index (χ0) is 23.7. The second-order valence-corrected chi connectivity index (χ2v) is 8.50. The van der Waals surface area contributed by atoms with Crippen molar-refractivity contribution in [1.82, 2.24) is 0 Å². The Labute approximate surface area is 196 Å². The molecular formula is C26H36N2O5. The first-order valence-electron chi connectivity index (χ1n) is 12.1. The molecule has 0 radical (unpaired) electrons. The fraction of sp³-hybridized carbons (Fsp3) is 0.538. The van der Waals surface area contributed by atoms with Crippen LogP contribution < -0.4 is 0 Å². The van der Waals surface area contributed by atoms with E-state index in [-0.39, 0.29) is 21.2 Å². The third-order valence-corrected chi connectivity index (χ3v) is 5.80. The lowest BCUT2D eigenvalue weighted by Crippen LogP contribution is -1.97. The minimum atomic E-state index is -0.362. The SMILES string of the molecule is O=[N+]([O-])c1ccc(CCCCCCCOCCCCCCCc2ccc([N+](=O)[O-])cc2)cc1. The Morgan fingerprint density at radius 2 is 0.848 bits per heavy atom. The number of hydrogen-bond acceptors (Lipinski definition) is 5. The van der Waals surface area contributed by atoms with Crippen LogP contribution in [0.25, 0.3) is 0 Å². The van der Waals surface area contributed by atoms with Crippen molar-refractivity contribution in [2.75, 3.05) is 13.2 Å². The molecule has 33 heavy (non-hydrogen) atoms. The molecule has 2 aromatic carbocycles. The van der Waals surface area contributed by atoms with Crippen LogP contribution in [0.15, 0.2) is 48.5 Å². The van der Waals surface area contributed by atoms with Crippen LogP contribution in [0.1, 0.15) is 75.3 Å². The number of nitro groups is 2. The number of ether oxygens (including phenoxy) is 1. The quantitative estimate of drug-likeness (QED) is 0.134. The van der Waals surface area contributed by atoms with Gasteiger partial charge in [0.1, 0.15) is 0 Å². The molecule has 7 nitrogen and oxygen atoms in total. The largest absolute Gasteiger partial charge is 0.381 e. The molecule has 0 heterocycles. The maximum atomic E-state index is 10.7. The molecule has 0 aliphatic carbocycles. The van der Waals surface area contributed by atoms with Crippen molar-refractivity contribution in [3.63, 3.8) is 0 Å². The summed E-state index contributed by atoms with van der Waals surface area (Å²) in [5.74, 6) is 0. The van der Waals surface area contributed by atoms with Crippen molar-refractivity contribution >= 4 is 11.4 Å². The van der Waals surface area contributed by atoms with Gasteiger partial charge >= 0.3 is 0 Å². The van der Waals surface area contributed by atoms with Gasteiger partial charge in [0.05, 0.1) is 9.85 Å². The molecule has 0 aromatic heterocycles. The normalized spacial score (nSPS) is 10.9. The van der Waals surface area contributed by atoms with E-state index in [0.29, 0.717) is 0 Å². The van der Waals surface area contributed by atoms with Crippen LogP contribution in [-0.2, 0) is 17.6 Å². The van der Waals surface area contributed by atoms with E-state index in [2.05, 4.69) is 0 Å². The average molecular weight is 457 g/mol. The summed E-state index contributed by atoms with van der Waals surface area (Å²) in [6, 6.07) is 13.7. The van der Waals surface area contributed by atoms with E-state index < -0.39 is 0 Å². The van der Waals surface area contributed by atoms with E-state index in [4.69, 9.17) is 4.74 Å². The molecular weight excluding hydrogens is 420 g/mol. The van der Waals surface area contributed by atoms with Crippen LogP contribution in [0.4, 0.5) is 11.4 Å². The predicted octanol–water partition coefficient (Wildman–Crippen LogP) is 7.21. The first-order valence-corrected chi connectivity index (χ1v) is 12.1. The highest BCUT2D eigenvalue weighted by atomic mass is 16.6. The molecule has 0 spiro atoms. The molecule has 2 aromatic rings. The van der Waals surface area contributed by atoms with Gasteiger partial charge in [-0.3, -0.25) is 20.2 Å². The number of benzene rings is 2. The second-order valence-electron chi connectivity index (χ2n) is 8.50. The van der Waals surface area contributed by atoms with Crippen LogP contribution in [0.2, 0.25) is 0 Å². The molecule has 2 rings (SSSR count). The van der Waals surface area contributed by atoms with E-state index in [1.165, 1.54) is 38.5 Å². The van der Waals surface area contributed by atoms with Gasteiger partial charge in [-0.2, -0.15) is 0 Å². The summed E-state index contributed by atoms with van der Waals surface area (Å²) >= 11 is 0. The molecule has 0 aliphatic heterocycles. The number of hydrogen-bond donors (Lipinski definition) is 0. The lowest BCUT2D eigenvalue weighted by atomic mass is 10.1. The highest BCUT2D eigenvalue weighted by molar-refractivity contribution is 5.33. The molecule has 0 fully saturated rings. The molecule has 0 saturated heterocycles. The summed E-state index contributed by atoms with van der Waals surface area (Å²) in [5.41, 5.74) is 2.63. The van der Waals surface area contributed by atoms with Crippen LogP contribution in [-0.4, -0.2) is 23.1 Å². The fourth-order valence-electron chi connectivity index (χ4n) is 3.80.